The van der Waals surface area contributed by atoms with Crippen molar-refractivity contribution in [2.45, 2.75) is 18.8 Å². The van der Waals surface area contributed by atoms with Gasteiger partial charge >= 0.3 is 0 Å². The summed E-state index contributed by atoms with van der Waals surface area (Å²) < 4.78 is 5.07. The van der Waals surface area contributed by atoms with Crippen LogP contribution in [0.5, 0.6) is 5.75 Å². The average molecular weight is 184 g/mol. The van der Waals surface area contributed by atoms with Crippen LogP contribution in [0.1, 0.15) is 24.3 Å². The molecule has 1 saturated carbocycles. The van der Waals surface area contributed by atoms with Crippen molar-refractivity contribution in [3.63, 3.8) is 0 Å². The van der Waals surface area contributed by atoms with Crippen molar-refractivity contribution in [2.75, 3.05) is 7.11 Å². The third-order valence-corrected chi connectivity index (χ3v) is 2.38. The summed E-state index contributed by atoms with van der Waals surface area (Å²) in [6, 6.07) is 1.98. The molecule has 0 spiro atoms. The zero-order chi connectivity index (χ0) is 8.55. The molecule has 1 aliphatic rings. The molecule has 64 valence electrons. The molecule has 1 aliphatic carbocycles. The maximum Gasteiger partial charge on any atom is 0.171 e. The van der Waals surface area contributed by atoms with Crippen LogP contribution in [0.2, 0.25) is 5.15 Å². The second kappa shape index (κ2) is 2.94. The third kappa shape index (κ3) is 1.39. The lowest BCUT2D eigenvalue weighted by Gasteiger charge is -2.03. The van der Waals surface area contributed by atoms with Crippen LogP contribution in [0.3, 0.4) is 0 Å². The van der Waals surface area contributed by atoms with Gasteiger partial charge in [0.05, 0.1) is 7.11 Å². The van der Waals surface area contributed by atoms with Gasteiger partial charge in [-0.2, -0.15) is 0 Å². The molecule has 2 rings (SSSR count). The van der Waals surface area contributed by atoms with Crippen molar-refractivity contribution < 1.29 is 4.74 Å². The Morgan fingerprint density at radius 2 is 2.33 bits per heavy atom. The summed E-state index contributed by atoms with van der Waals surface area (Å²) in [7, 11) is 1.61. The Morgan fingerprint density at radius 3 is 2.92 bits per heavy atom. The van der Waals surface area contributed by atoms with E-state index in [1.54, 1.807) is 7.11 Å². The molecule has 0 N–H and O–H groups in total. The van der Waals surface area contributed by atoms with Gasteiger partial charge in [-0.05, 0) is 30.4 Å². The summed E-state index contributed by atoms with van der Waals surface area (Å²) in [6.07, 6.45) is 4.38. The summed E-state index contributed by atoms with van der Waals surface area (Å²) >= 11 is 5.79. The van der Waals surface area contributed by atoms with E-state index in [2.05, 4.69) is 4.98 Å². The standard InChI is InChI=1S/C9H10ClNO/c1-12-8-4-7(6-2-3-6)5-11-9(8)10/h4-6H,2-3H2,1H3. The SMILES string of the molecule is COc1cc(C2CC2)cnc1Cl. The van der Waals surface area contributed by atoms with Gasteiger partial charge in [0, 0.05) is 6.20 Å². The van der Waals surface area contributed by atoms with Crippen molar-refractivity contribution in [1.82, 2.24) is 4.98 Å². The van der Waals surface area contributed by atoms with E-state index >= 15 is 0 Å². The minimum atomic E-state index is 0.446. The normalized spacial score (nSPS) is 16.2. The fourth-order valence-electron chi connectivity index (χ4n) is 1.23. The van der Waals surface area contributed by atoms with Gasteiger partial charge in [0.25, 0.3) is 0 Å². The first-order chi connectivity index (χ1) is 5.81. The lowest BCUT2D eigenvalue weighted by Crippen LogP contribution is -1.89. The quantitative estimate of drug-likeness (QED) is 0.658. The molecular weight excluding hydrogens is 174 g/mol. The average Bonchev–Trinajstić information content (AvgIpc) is 2.88. The fraction of sp³-hybridized carbons (Fsp3) is 0.444. The number of hydrogen-bond acceptors (Lipinski definition) is 2. The first kappa shape index (κ1) is 7.87. The van der Waals surface area contributed by atoms with E-state index in [0.29, 0.717) is 16.8 Å². The van der Waals surface area contributed by atoms with E-state index in [1.165, 1.54) is 18.4 Å². The molecule has 1 aromatic rings. The van der Waals surface area contributed by atoms with Crippen LogP contribution in [0.25, 0.3) is 0 Å². The van der Waals surface area contributed by atoms with Gasteiger partial charge in [-0.1, -0.05) is 11.6 Å². The number of aromatic nitrogens is 1. The predicted molar refractivity (Wildman–Crippen MR) is 47.8 cm³/mol. The van der Waals surface area contributed by atoms with E-state index in [0.717, 1.165) is 0 Å². The summed E-state index contributed by atoms with van der Waals surface area (Å²) in [5.74, 6) is 1.38. The number of ether oxygens (including phenoxy) is 1. The van der Waals surface area contributed by atoms with Gasteiger partial charge in [0.15, 0.2) is 10.9 Å². The largest absolute Gasteiger partial charge is 0.494 e. The minimum Gasteiger partial charge on any atom is -0.494 e. The molecule has 3 heteroatoms. The highest BCUT2D eigenvalue weighted by atomic mass is 35.5. The van der Waals surface area contributed by atoms with Crippen LogP contribution < -0.4 is 4.74 Å². The van der Waals surface area contributed by atoms with Crippen LogP contribution in [0.15, 0.2) is 12.3 Å². The van der Waals surface area contributed by atoms with Gasteiger partial charge in [-0.25, -0.2) is 4.98 Å². The highest BCUT2D eigenvalue weighted by Gasteiger charge is 2.24. The van der Waals surface area contributed by atoms with Crippen LogP contribution in [0, 0.1) is 0 Å². The zero-order valence-electron chi connectivity index (χ0n) is 6.88. The predicted octanol–water partition coefficient (Wildman–Crippen LogP) is 2.62. The molecule has 0 aromatic carbocycles. The topological polar surface area (TPSA) is 22.1 Å². The summed E-state index contributed by atoms with van der Waals surface area (Å²) in [4.78, 5) is 4.05. The maximum atomic E-state index is 5.79. The summed E-state index contributed by atoms with van der Waals surface area (Å²) in [5.41, 5.74) is 1.25. The van der Waals surface area contributed by atoms with E-state index in [4.69, 9.17) is 16.3 Å². The minimum absolute atomic E-state index is 0.446. The molecular formula is C9H10ClNO. The van der Waals surface area contributed by atoms with E-state index in [-0.39, 0.29) is 0 Å². The van der Waals surface area contributed by atoms with Crippen LogP contribution in [-0.2, 0) is 0 Å². The van der Waals surface area contributed by atoms with Crippen LogP contribution >= 0.6 is 11.6 Å². The second-order valence-electron chi connectivity index (χ2n) is 3.04. The number of hydrogen-bond donors (Lipinski definition) is 0. The Bertz CT molecular complexity index is 297. The Morgan fingerprint density at radius 1 is 1.58 bits per heavy atom. The number of halogens is 1. The Balaban J connectivity index is 2.33. The molecule has 0 atom stereocenters. The number of methoxy groups -OCH3 is 1. The molecule has 1 heterocycles. The Hall–Kier alpha value is -0.760. The number of pyridine rings is 1. The third-order valence-electron chi connectivity index (χ3n) is 2.10. The second-order valence-corrected chi connectivity index (χ2v) is 3.39. The number of nitrogens with zero attached hydrogens (tertiary/aromatic N) is 1. The molecule has 0 radical (unpaired) electrons. The molecule has 0 saturated heterocycles. The van der Waals surface area contributed by atoms with Crippen molar-refractivity contribution in [3.8, 4) is 5.75 Å². The highest BCUT2D eigenvalue weighted by molar-refractivity contribution is 6.30. The Kier molecular flexibility index (Phi) is 1.93. The van der Waals surface area contributed by atoms with Gasteiger partial charge in [-0.3, -0.25) is 0 Å². The molecule has 0 unspecified atom stereocenters. The van der Waals surface area contributed by atoms with Crippen molar-refractivity contribution in [1.29, 1.82) is 0 Å². The maximum absolute atomic E-state index is 5.79. The van der Waals surface area contributed by atoms with E-state index < -0.39 is 0 Å². The monoisotopic (exact) mass is 183 g/mol. The molecule has 0 amide bonds. The molecule has 2 nitrogen and oxygen atoms in total. The Labute approximate surface area is 76.5 Å². The van der Waals surface area contributed by atoms with Crippen LogP contribution in [0.4, 0.5) is 0 Å². The van der Waals surface area contributed by atoms with Gasteiger partial charge in [-0.15, -0.1) is 0 Å². The number of rotatable bonds is 2. The lowest BCUT2D eigenvalue weighted by atomic mass is 10.2. The molecule has 1 aromatic heterocycles. The molecule has 1 fully saturated rings. The van der Waals surface area contributed by atoms with E-state index in [1.807, 2.05) is 12.3 Å². The van der Waals surface area contributed by atoms with E-state index in [9.17, 15) is 0 Å². The van der Waals surface area contributed by atoms with Gasteiger partial charge in [0.2, 0.25) is 0 Å². The molecule has 12 heavy (non-hydrogen) atoms. The van der Waals surface area contributed by atoms with Crippen molar-refractivity contribution in [3.05, 3.63) is 23.0 Å². The highest BCUT2D eigenvalue weighted by Crippen LogP contribution is 2.41. The fourth-order valence-corrected chi connectivity index (χ4v) is 1.41. The first-order valence-electron chi connectivity index (χ1n) is 4.00. The smallest absolute Gasteiger partial charge is 0.171 e. The van der Waals surface area contributed by atoms with Gasteiger partial charge in [0.1, 0.15) is 0 Å². The van der Waals surface area contributed by atoms with Gasteiger partial charge < -0.3 is 4.74 Å². The first-order valence-corrected chi connectivity index (χ1v) is 4.38. The lowest BCUT2D eigenvalue weighted by molar-refractivity contribution is 0.412. The summed E-state index contributed by atoms with van der Waals surface area (Å²) in [6.45, 7) is 0. The zero-order valence-corrected chi connectivity index (χ0v) is 7.64. The summed E-state index contributed by atoms with van der Waals surface area (Å²) in [5, 5.41) is 0.446. The molecule has 0 bridgehead atoms. The van der Waals surface area contributed by atoms with Crippen molar-refractivity contribution >= 4 is 11.6 Å². The van der Waals surface area contributed by atoms with Crippen LogP contribution in [-0.4, -0.2) is 12.1 Å². The van der Waals surface area contributed by atoms with Crippen molar-refractivity contribution in [2.24, 2.45) is 0 Å². The molecule has 0 aliphatic heterocycles.